The number of fused-ring (bicyclic) bond motifs is 1. The molecule has 0 saturated carbocycles. The molecule has 0 aliphatic carbocycles. The Morgan fingerprint density at radius 3 is 2.50 bits per heavy atom. The zero-order chi connectivity index (χ0) is 22.2. The van der Waals surface area contributed by atoms with Gasteiger partial charge in [-0.15, -0.1) is 0 Å². The molecule has 0 unspecified atom stereocenters. The summed E-state index contributed by atoms with van der Waals surface area (Å²) in [6.07, 6.45) is 0.858. The first kappa shape index (κ1) is 20.5. The van der Waals surface area contributed by atoms with Crippen molar-refractivity contribution >= 4 is 17.5 Å². The molecule has 4 aromatic rings. The summed E-state index contributed by atoms with van der Waals surface area (Å²) >= 11 is 6.26. The zero-order valence-corrected chi connectivity index (χ0v) is 18.9. The average Bonchev–Trinajstić information content (AvgIpc) is 3.25. The first-order chi connectivity index (χ1) is 15.5. The highest BCUT2D eigenvalue weighted by atomic mass is 35.5. The van der Waals surface area contributed by atoms with Gasteiger partial charge >= 0.3 is 0 Å². The summed E-state index contributed by atoms with van der Waals surface area (Å²) in [4.78, 5) is 15.6. The monoisotopic (exact) mass is 441 g/mol. The zero-order valence-electron chi connectivity index (χ0n) is 18.2. The number of aryl methyl sites for hydroxylation is 2. The van der Waals surface area contributed by atoms with Crippen molar-refractivity contribution in [3.8, 4) is 16.9 Å². The number of nitrogens with zero attached hydrogens (tertiary/aromatic N) is 3. The Morgan fingerprint density at radius 1 is 0.906 bits per heavy atom. The Morgan fingerprint density at radius 2 is 1.72 bits per heavy atom. The lowest BCUT2D eigenvalue weighted by Gasteiger charge is -2.29. The smallest absolute Gasteiger partial charge is 0.272 e. The van der Waals surface area contributed by atoms with Crippen LogP contribution in [0.5, 0.6) is 0 Å². The van der Waals surface area contributed by atoms with E-state index in [-0.39, 0.29) is 5.91 Å². The maximum atomic E-state index is 13.7. The van der Waals surface area contributed by atoms with Gasteiger partial charge < -0.3 is 4.90 Å². The van der Waals surface area contributed by atoms with Crippen molar-refractivity contribution < 1.29 is 4.79 Å². The fourth-order valence-electron chi connectivity index (χ4n) is 4.21. The van der Waals surface area contributed by atoms with Crippen molar-refractivity contribution in [2.75, 3.05) is 6.54 Å². The van der Waals surface area contributed by atoms with E-state index in [0.717, 1.165) is 23.4 Å². The quantitative estimate of drug-likeness (QED) is 0.390. The van der Waals surface area contributed by atoms with Gasteiger partial charge in [-0.2, -0.15) is 5.10 Å². The van der Waals surface area contributed by atoms with Gasteiger partial charge in [-0.1, -0.05) is 54.1 Å². The molecule has 5 rings (SSSR count). The molecular formula is C27H24ClN3O. The van der Waals surface area contributed by atoms with E-state index in [4.69, 9.17) is 16.7 Å². The first-order valence-corrected chi connectivity index (χ1v) is 11.2. The molecule has 5 heteroatoms. The molecule has 1 aliphatic rings. The number of amides is 1. The van der Waals surface area contributed by atoms with E-state index in [2.05, 4.69) is 50.2 Å². The summed E-state index contributed by atoms with van der Waals surface area (Å²) in [5.41, 5.74) is 8.02. The minimum atomic E-state index is -0.0259. The minimum absolute atomic E-state index is 0.0259. The fraction of sp³-hybridized carbons (Fsp3) is 0.185. The van der Waals surface area contributed by atoms with Crippen molar-refractivity contribution in [2.24, 2.45) is 0 Å². The number of carbonyl (C=O) groups excluding carboxylic acids is 1. The molecule has 1 aromatic heterocycles. The van der Waals surface area contributed by atoms with Crippen LogP contribution in [0.2, 0.25) is 5.02 Å². The van der Waals surface area contributed by atoms with Crippen LogP contribution in [-0.2, 0) is 13.0 Å². The van der Waals surface area contributed by atoms with Crippen LogP contribution in [0.15, 0.2) is 72.8 Å². The molecule has 160 valence electrons. The third kappa shape index (κ3) is 3.82. The largest absolute Gasteiger partial charge is 0.333 e. The van der Waals surface area contributed by atoms with Crippen molar-refractivity contribution in [3.05, 3.63) is 106 Å². The van der Waals surface area contributed by atoms with Crippen molar-refractivity contribution in [2.45, 2.75) is 26.8 Å². The molecule has 0 saturated heterocycles. The summed E-state index contributed by atoms with van der Waals surface area (Å²) in [6, 6.07) is 23.9. The predicted octanol–water partition coefficient (Wildman–Crippen LogP) is 6.01. The lowest BCUT2D eigenvalue weighted by Crippen LogP contribution is -2.37. The topological polar surface area (TPSA) is 38.1 Å². The molecule has 0 spiro atoms. The highest BCUT2D eigenvalue weighted by Gasteiger charge is 2.26. The Bertz CT molecular complexity index is 1320. The molecule has 0 radical (unpaired) electrons. The summed E-state index contributed by atoms with van der Waals surface area (Å²) in [5.74, 6) is -0.0259. The second kappa shape index (κ2) is 8.29. The molecule has 3 aromatic carbocycles. The standard InChI is InChI=1S/C27H24ClN3O/c1-18-10-11-21(14-19(18)2)25-16-26(31(29-25)24-9-5-8-23(28)15-24)27(32)30-13-12-20-6-3-4-7-22(20)17-30/h3-11,14-16H,12-13,17H2,1-2H3. The summed E-state index contributed by atoms with van der Waals surface area (Å²) in [5, 5.41) is 5.44. The Hall–Kier alpha value is -3.37. The van der Waals surface area contributed by atoms with Crippen molar-refractivity contribution in [1.29, 1.82) is 0 Å². The lowest BCUT2D eigenvalue weighted by atomic mass is 9.99. The van der Waals surface area contributed by atoms with E-state index in [1.165, 1.54) is 22.3 Å². The van der Waals surface area contributed by atoms with E-state index < -0.39 is 0 Å². The van der Waals surface area contributed by atoms with Crippen LogP contribution >= 0.6 is 11.6 Å². The van der Waals surface area contributed by atoms with Crippen LogP contribution < -0.4 is 0 Å². The van der Waals surface area contributed by atoms with Crippen LogP contribution in [0, 0.1) is 13.8 Å². The van der Waals surface area contributed by atoms with E-state index >= 15 is 0 Å². The van der Waals surface area contributed by atoms with Gasteiger partial charge in [0.15, 0.2) is 0 Å². The van der Waals surface area contributed by atoms with Crippen molar-refractivity contribution in [1.82, 2.24) is 14.7 Å². The van der Waals surface area contributed by atoms with Crippen LogP contribution in [0.25, 0.3) is 16.9 Å². The lowest BCUT2D eigenvalue weighted by molar-refractivity contribution is 0.0725. The Kier molecular flexibility index (Phi) is 5.32. The number of aromatic nitrogens is 2. The molecule has 4 nitrogen and oxygen atoms in total. The molecular weight excluding hydrogens is 418 g/mol. The van der Waals surface area contributed by atoms with Gasteiger partial charge in [0.25, 0.3) is 5.91 Å². The maximum Gasteiger partial charge on any atom is 0.272 e. The van der Waals surface area contributed by atoms with Crippen molar-refractivity contribution in [3.63, 3.8) is 0 Å². The first-order valence-electron chi connectivity index (χ1n) is 10.8. The van der Waals surface area contributed by atoms with E-state index in [9.17, 15) is 4.79 Å². The van der Waals surface area contributed by atoms with E-state index in [1.807, 2.05) is 41.3 Å². The van der Waals surface area contributed by atoms with Crippen LogP contribution in [0.3, 0.4) is 0 Å². The normalized spacial score (nSPS) is 13.2. The molecule has 0 atom stereocenters. The average molecular weight is 442 g/mol. The molecule has 0 fully saturated rings. The van der Waals surface area contributed by atoms with Gasteiger partial charge in [0.1, 0.15) is 5.69 Å². The fourth-order valence-corrected chi connectivity index (χ4v) is 4.40. The van der Waals surface area contributed by atoms with E-state index in [1.54, 1.807) is 4.68 Å². The highest BCUT2D eigenvalue weighted by molar-refractivity contribution is 6.30. The maximum absolute atomic E-state index is 13.7. The van der Waals surface area contributed by atoms with E-state index in [0.29, 0.717) is 23.8 Å². The number of rotatable bonds is 3. The number of carbonyl (C=O) groups is 1. The van der Waals surface area contributed by atoms with Gasteiger partial charge in [-0.3, -0.25) is 4.79 Å². The SMILES string of the molecule is Cc1ccc(-c2cc(C(=O)N3CCc4ccccc4C3)n(-c3cccc(Cl)c3)n2)cc1C. The van der Waals surface area contributed by atoms with Gasteiger partial charge in [0.05, 0.1) is 11.4 Å². The highest BCUT2D eigenvalue weighted by Crippen LogP contribution is 2.27. The van der Waals surface area contributed by atoms with Gasteiger partial charge in [-0.05, 0) is 72.9 Å². The molecule has 0 bridgehead atoms. The van der Waals surface area contributed by atoms with Gasteiger partial charge in [-0.25, -0.2) is 4.68 Å². The second-order valence-electron chi connectivity index (χ2n) is 8.35. The molecule has 1 amide bonds. The van der Waals surface area contributed by atoms with Crippen LogP contribution in [0.1, 0.15) is 32.7 Å². The second-order valence-corrected chi connectivity index (χ2v) is 8.79. The third-order valence-corrected chi connectivity index (χ3v) is 6.44. The van der Waals surface area contributed by atoms with Crippen LogP contribution in [-0.4, -0.2) is 27.1 Å². The molecule has 0 N–H and O–H groups in total. The number of hydrogen-bond donors (Lipinski definition) is 0. The predicted molar refractivity (Wildman–Crippen MR) is 128 cm³/mol. The van der Waals surface area contributed by atoms with Gasteiger partial charge in [0.2, 0.25) is 0 Å². The Balaban J connectivity index is 1.58. The molecule has 2 heterocycles. The van der Waals surface area contributed by atoms with Crippen LogP contribution in [0.4, 0.5) is 0 Å². The van der Waals surface area contributed by atoms with Gasteiger partial charge in [0, 0.05) is 23.7 Å². The molecule has 1 aliphatic heterocycles. The number of halogens is 1. The summed E-state index contributed by atoms with van der Waals surface area (Å²) in [7, 11) is 0. The number of hydrogen-bond acceptors (Lipinski definition) is 2. The summed E-state index contributed by atoms with van der Waals surface area (Å²) in [6.45, 7) is 5.47. The number of benzene rings is 3. The summed E-state index contributed by atoms with van der Waals surface area (Å²) < 4.78 is 1.72. The minimum Gasteiger partial charge on any atom is -0.333 e. The third-order valence-electron chi connectivity index (χ3n) is 6.20. The molecule has 32 heavy (non-hydrogen) atoms. The Labute approximate surface area is 193 Å².